The van der Waals surface area contributed by atoms with Gasteiger partial charge in [0.15, 0.2) is 0 Å². The summed E-state index contributed by atoms with van der Waals surface area (Å²) in [6.45, 7) is 5.72. The molecule has 0 spiro atoms. The smallest absolute Gasteiger partial charge is 0.336 e. The average molecular weight is 310 g/mol. The van der Waals surface area contributed by atoms with Gasteiger partial charge < -0.3 is 10.2 Å². The van der Waals surface area contributed by atoms with Gasteiger partial charge in [-0.15, -0.1) is 0 Å². The van der Waals surface area contributed by atoms with Gasteiger partial charge in [-0.1, -0.05) is 61.2 Å². The van der Waals surface area contributed by atoms with Crippen LogP contribution in [-0.4, -0.2) is 22.2 Å². The van der Waals surface area contributed by atoms with E-state index in [0.717, 1.165) is 0 Å². The van der Waals surface area contributed by atoms with E-state index >= 15 is 0 Å². The number of carbonyl (C=O) groups is 2. The molecule has 23 heavy (non-hydrogen) atoms. The second-order valence-corrected chi connectivity index (χ2v) is 4.61. The number of benzene rings is 2. The van der Waals surface area contributed by atoms with Crippen LogP contribution in [0.5, 0.6) is 0 Å². The van der Waals surface area contributed by atoms with Crippen molar-refractivity contribution in [3.63, 3.8) is 0 Å². The molecule has 0 aliphatic rings. The SMILES string of the molecule is C=CC=Cc1ccccc1C.O=C(O)c1ccccc1C(=O)O. The van der Waals surface area contributed by atoms with Crippen LogP contribution >= 0.6 is 0 Å². The summed E-state index contributed by atoms with van der Waals surface area (Å²) in [5, 5.41) is 17.1. The molecule has 0 saturated carbocycles. The third kappa shape index (κ3) is 5.63. The van der Waals surface area contributed by atoms with Crippen molar-refractivity contribution in [2.75, 3.05) is 0 Å². The van der Waals surface area contributed by atoms with Crippen LogP contribution in [0.25, 0.3) is 6.08 Å². The highest BCUT2D eigenvalue weighted by atomic mass is 16.4. The van der Waals surface area contributed by atoms with Crippen LogP contribution < -0.4 is 0 Å². The average Bonchev–Trinajstić information content (AvgIpc) is 2.54. The molecule has 118 valence electrons. The first-order valence-corrected chi connectivity index (χ1v) is 6.87. The van der Waals surface area contributed by atoms with Gasteiger partial charge >= 0.3 is 11.9 Å². The summed E-state index contributed by atoms with van der Waals surface area (Å²) in [6.07, 6.45) is 5.79. The van der Waals surface area contributed by atoms with Gasteiger partial charge in [0.1, 0.15) is 0 Å². The lowest BCUT2D eigenvalue weighted by molar-refractivity contribution is 0.0651. The molecule has 0 aliphatic carbocycles. The van der Waals surface area contributed by atoms with Gasteiger partial charge in [-0.3, -0.25) is 0 Å². The Hall–Kier alpha value is -3.14. The zero-order chi connectivity index (χ0) is 17.2. The minimum Gasteiger partial charge on any atom is -0.478 e. The highest BCUT2D eigenvalue weighted by Gasteiger charge is 2.13. The minimum absolute atomic E-state index is 0.190. The Morgan fingerprint density at radius 2 is 1.39 bits per heavy atom. The highest BCUT2D eigenvalue weighted by molar-refractivity contribution is 6.01. The number of allylic oxidation sites excluding steroid dienone is 2. The van der Waals surface area contributed by atoms with E-state index in [1.807, 2.05) is 18.2 Å². The molecule has 4 heteroatoms. The van der Waals surface area contributed by atoms with Crippen molar-refractivity contribution in [3.8, 4) is 0 Å². The predicted molar refractivity (Wildman–Crippen MR) is 90.8 cm³/mol. The fraction of sp³-hybridized carbons (Fsp3) is 0.0526. The number of hydrogen-bond donors (Lipinski definition) is 2. The molecule has 0 aromatic heterocycles. The molecule has 2 aromatic carbocycles. The molecule has 0 heterocycles. The largest absolute Gasteiger partial charge is 0.478 e. The highest BCUT2D eigenvalue weighted by Crippen LogP contribution is 2.08. The lowest BCUT2D eigenvalue weighted by Gasteiger charge is -1.98. The van der Waals surface area contributed by atoms with Gasteiger partial charge in [-0.05, 0) is 30.2 Å². The lowest BCUT2D eigenvalue weighted by Crippen LogP contribution is -2.06. The maximum absolute atomic E-state index is 10.5. The van der Waals surface area contributed by atoms with E-state index in [0.29, 0.717) is 0 Å². The van der Waals surface area contributed by atoms with Crippen molar-refractivity contribution in [1.29, 1.82) is 0 Å². The first-order chi connectivity index (χ1) is 11.0. The number of hydrogen-bond acceptors (Lipinski definition) is 2. The van der Waals surface area contributed by atoms with Gasteiger partial charge in [0, 0.05) is 0 Å². The number of carboxylic acid groups (broad SMARTS) is 2. The van der Waals surface area contributed by atoms with Crippen molar-refractivity contribution in [3.05, 3.63) is 89.5 Å². The monoisotopic (exact) mass is 310 g/mol. The van der Waals surface area contributed by atoms with Crippen LogP contribution in [-0.2, 0) is 0 Å². The summed E-state index contributed by atoms with van der Waals surface area (Å²) in [7, 11) is 0. The van der Waals surface area contributed by atoms with Gasteiger partial charge in [0.2, 0.25) is 0 Å². The lowest BCUT2D eigenvalue weighted by atomic mass is 10.1. The first-order valence-electron chi connectivity index (χ1n) is 6.87. The molecular formula is C19H18O4. The molecule has 0 fully saturated rings. The van der Waals surface area contributed by atoms with Crippen LogP contribution in [0.4, 0.5) is 0 Å². The summed E-state index contributed by atoms with van der Waals surface area (Å²) in [6, 6.07) is 13.7. The number of aromatic carboxylic acids is 2. The predicted octanol–water partition coefficient (Wildman–Crippen LogP) is 4.28. The zero-order valence-electron chi connectivity index (χ0n) is 12.8. The molecule has 0 unspecified atom stereocenters. The van der Waals surface area contributed by atoms with E-state index < -0.39 is 11.9 Å². The number of carboxylic acids is 2. The Balaban J connectivity index is 0.000000231. The third-order valence-electron chi connectivity index (χ3n) is 2.99. The molecule has 0 amide bonds. The Morgan fingerprint density at radius 3 is 1.83 bits per heavy atom. The van der Waals surface area contributed by atoms with Crippen LogP contribution in [0.1, 0.15) is 31.8 Å². The molecule has 0 radical (unpaired) electrons. The molecular weight excluding hydrogens is 292 g/mol. The zero-order valence-corrected chi connectivity index (χ0v) is 12.8. The second-order valence-electron chi connectivity index (χ2n) is 4.61. The van der Waals surface area contributed by atoms with Gasteiger partial charge in [0.25, 0.3) is 0 Å². The molecule has 0 atom stereocenters. The van der Waals surface area contributed by atoms with Gasteiger partial charge in [-0.2, -0.15) is 0 Å². The van der Waals surface area contributed by atoms with Crippen LogP contribution in [0.3, 0.4) is 0 Å². The molecule has 0 aliphatic heterocycles. The molecule has 0 saturated heterocycles. The van der Waals surface area contributed by atoms with Crippen molar-refractivity contribution in [1.82, 2.24) is 0 Å². The Kier molecular flexibility index (Phi) is 7.01. The van der Waals surface area contributed by atoms with Crippen LogP contribution in [0.2, 0.25) is 0 Å². The summed E-state index contributed by atoms with van der Waals surface area (Å²) in [4.78, 5) is 20.9. The molecule has 2 aromatic rings. The first kappa shape index (κ1) is 17.9. The van der Waals surface area contributed by atoms with E-state index in [1.54, 1.807) is 6.08 Å². The van der Waals surface area contributed by atoms with E-state index in [4.69, 9.17) is 10.2 Å². The van der Waals surface area contributed by atoms with Crippen LogP contribution in [0, 0.1) is 6.92 Å². The van der Waals surface area contributed by atoms with Gasteiger partial charge in [-0.25, -0.2) is 9.59 Å². The Morgan fingerprint density at radius 1 is 0.913 bits per heavy atom. The summed E-state index contributed by atoms with van der Waals surface area (Å²) in [5.74, 6) is -2.46. The number of rotatable bonds is 4. The van der Waals surface area contributed by atoms with E-state index in [1.165, 1.54) is 35.4 Å². The summed E-state index contributed by atoms with van der Waals surface area (Å²) >= 11 is 0. The van der Waals surface area contributed by atoms with Crippen molar-refractivity contribution in [2.24, 2.45) is 0 Å². The topological polar surface area (TPSA) is 74.6 Å². The minimum atomic E-state index is -1.23. The fourth-order valence-corrected chi connectivity index (χ4v) is 1.80. The molecule has 0 bridgehead atoms. The fourth-order valence-electron chi connectivity index (χ4n) is 1.80. The van der Waals surface area contributed by atoms with E-state index in [-0.39, 0.29) is 11.1 Å². The quantitative estimate of drug-likeness (QED) is 0.827. The van der Waals surface area contributed by atoms with Crippen molar-refractivity contribution >= 4 is 18.0 Å². The summed E-state index contributed by atoms with van der Waals surface area (Å²) in [5.41, 5.74) is 2.17. The normalized spacial score (nSPS) is 9.78. The van der Waals surface area contributed by atoms with Crippen LogP contribution in [0.15, 0.2) is 67.3 Å². The van der Waals surface area contributed by atoms with Crippen molar-refractivity contribution < 1.29 is 19.8 Å². The Bertz CT molecular complexity index is 697. The molecule has 2 rings (SSSR count). The van der Waals surface area contributed by atoms with E-state index in [2.05, 4.69) is 31.7 Å². The molecule has 2 N–H and O–H groups in total. The summed E-state index contributed by atoms with van der Waals surface area (Å²) < 4.78 is 0. The number of aryl methyl sites for hydroxylation is 1. The van der Waals surface area contributed by atoms with Crippen molar-refractivity contribution in [2.45, 2.75) is 6.92 Å². The maximum Gasteiger partial charge on any atom is 0.336 e. The molecule has 4 nitrogen and oxygen atoms in total. The maximum atomic E-state index is 10.5. The van der Waals surface area contributed by atoms with E-state index in [9.17, 15) is 9.59 Å². The standard InChI is InChI=1S/C11H12.C8H6O4/c1-3-4-8-11-9-6-5-7-10(11)2;9-7(10)5-3-1-2-4-6(5)8(11)12/h3-9H,1H2,2H3;1-4H,(H,9,10)(H,11,12). The van der Waals surface area contributed by atoms with Gasteiger partial charge in [0.05, 0.1) is 11.1 Å². The Labute approximate surface area is 135 Å². The second kappa shape index (κ2) is 9.00. The third-order valence-corrected chi connectivity index (χ3v) is 2.99.